The summed E-state index contributed by atoms with van der Waals surface area (Å²) in [6.07, 6.45) is 7.46. The molecule has 0 bridgehead atoms. The average Bonchev–Trinajstić information content (AvgIpc) is 2.76. The van der Waals surface area contributed by atoms with E-state index in [0.29, 0.717) is 12.6 Å². The number of hydrogen-bond acceptors (Lipinski definition) is 5. The summed E-state index contributed by atoms with van der Waals surface area (Å²) < 4.78 is 0. The lowest BCUT2D eigenvalue weighted by Gasteiger charge is -2.43. The Morgan fingerprint density at radius 3 is 2.22 bits per heavy atom. The fraction of sp³-hybridized carbons (Fsp3) is 0.680. The summed E-state index contributed by atoms with van der Waals surface area (Å²) in [6, 6.07) is 9.11. The van der Waals surface area contributed by atoms with Crippen LogP contribution in [0.5, 0.6) is 0 Å². The van der Waals surface area contributed by atoms with Crippen molar-refractivity contribution in [2.24, 2.45) is 0 Å². The third-order valence-electron chi connectivity index (χ3n) is 7.90. The zero-order chi connectivity index (χ0) is 21.9. The van der Waals surface area contributed by atoms with Crippen LogP contribution in [0.3, 0.4) is 0 Å². The molecule has 2 amide bonds. The van der Waals surface area contributed by atoms with Crippen LogP contribution in [0.15, 0.2) is 24.3 Å². The minimum atomic E-state index is 0.0400. The maximum absolute atomic E-state index is 12.8. The van der Waals surface area contributed by atoms with E-state index in [1.165, 1.54) is 25.7 Å². The highest BCUT2D eigenvalue weighted by Crippen LogP contribution is 2.25. The number of benzene rings is 1. The Kier molecular flexibility index (Phi) is 6.64. The number of nitrogens with one attached hydrogen (secondary N) is 1. The van der Waals surface area contributed by atoms with E-state index in [2.05, 4.69) is 31.0 Å². The molecule has 4 aliphatic rings. The maximum Gasteiger partial charge on any atom is 0.251 e. The fourth-order valence-electron chi connectivity index (χ4n) is 5.21. The Morgan fingerprint density at radius 2 is 1.59 bits per heavy atom. The molecule has 0 unspecified atom stereocenters. The van der Waals surface area contributed by atoms with Crippen molar-refractivity contribution in [3.05, 3.63) is 29.8 Å². The predicted molar refractivity (Wildman–Crippen MR) is 126 cm³/mol. The van der Waals surface area contributed by atoms with Gasteiger partial charge in [0.1, 0.15) is 0 Å². The minimum absolute atomic E-state index is 0.0400. The normalized spacial score (nSPS) is 23.5. The predicted octanol–water partition coefficient (Wildman–Crippen LogP) is 1.79. The van der Waals surface area contributed by atoms with Gasteiger partial charge in [0.25, 0.3) is 5.91 Å². The van der Waals surface area contributed by atoms with E-state index < -0.39 is 0 Å². The van der Waals surface area contributed by atoms with E-state index in [4.69, 9.17) is 0 Å². The summed E-state index contributed by atoms with van der Waals surface area (Å²) in [5.74, 6) is 0.319. The van der Waals surface area contributed by atoms with Crippen molar-refractivity contribution < 1.29 is 9.59 Å². The minimum Gasteiger partial charge on any atom is -0.369 e. The molecule has 1 aromatic rings. The average molecular weight is 440 g/mol. The Hall–Kier alpha value is -2.12. The van der Waals surface area contributed by atoms with Crippen molar-refractivity contribution in [2.45, 2.75) is 50.6 Å². The lowest BCUT2D eigenvalue weighted by atomic mass is 9.91. The number of piperazine rings is 2. The summed E-state index contributed by atoms with van der Waals surface area (Å²) in [6.45, 7) is 7.90. The topological polar surface area (TPSA) is 59.1 Å². The van der Waals surface area contributed by atoms with Crippen LogP contribution in [0.4, 0.5) is 5.69 Å². The van der Waals surface area contributed by atoms with Gasteiger partial charge in [0.05, 0.1) is 6.54 Å². The van der Waals surface area contributed by atoms with Crippen LogP contribution in [-0.4, -0.2) is 97.5 Å². The van der Waals surface area contributed by atoms with Crippen LogP contribution in [0.25, 0.3) is 0 Å². The van der Waals surface area contributed by atoms with E-state index in [-0.39, 0.29) is 11.8 Å². The van der Waals surface area contributed by atoms with Gasteiger partial charge in [-0.3, -0.25) is 19.4 Å². The molecule has 7 heteroatoms. The lowest BCUT2D eigenvalue weighted by molar-refractivity contribution is -0.134. The molecule has 7 nitrogen and oxygen atoms in total. The first kappa shape index (κ1) is 21.7. The maximum atomic E-state index is 12.8. The summed E-state index contributed by atoms with van der Waals surface area (Å²) in [5, 5.41) is 3.13. The smallest absolute Gasteiger partial charge is 0.251 e. The van der Waals surface area contributed by atoms with Crippen LogP contribution >= 0.6 is 0 Å². The van der Waals surface area contributed by atoms with E-state index in [0.717, 1.165) is 82.5 Å². The molecule has 1 aromatic carbocycles. The summed E-state index contributed by atoms with van der Waals surface area (Å²) in [5.41, 5.74) is 1.84. The van der Waals surface area contributed by atoms with E-state index in [1.54, 1.807) is 0 Å². The van der Waals surface area contributed by atoms with Gasteiger partial charge in [-0.2, -0.15) is 0 Å². The molecule has 174 valence electrons. The molecule has 0 radical (unpaired) electrons. The first-order valence-electron chi connectivity index (χ1n) is 12.6. The first-order chi connectivity index (χ1) is 15.7. The number of carbonyl (C=O) groups is 2. The van der Waals surface area contributed by atoms with Crippen LogP contribution in [0.2, 0.25) is 0 Å². The van der Waals surface area contributed by atoms with Crippen LogP contribution < -0.4 is 10.2 Å². The van der Waals surface area contributed by atoms with Gasteiger partial charge in [-0.05, 0) is 50.3 Å². The molecular weight excluding hydrogens is 402 g/mol. The van der Waals surface area contributed by atoms with Crippen LogP contribution in [0.1, 0.15) is 48.9 Å². The van der Waals surface area contributed by atoms with Crippen molar-refractivity contribution in [1.29, 1.82) is 0 Å². The third-order valence-corrected chi connectivity index (χ3v) is 7.90. The van der Waals surface area contributed by atoms with E-state index in [1.807, 2.05) is 18.2 Å². The molecule has 0 aromatic heterocycles. The summed E-state index contributed by atoms with van der Waals surface area (Å²) in [7, 11) is 0. The molecule has 2 saturated carbocycles. The van der Waals surface area contributed by atoms with E-state index >= 15 is 0 Å². The fourth-order valence-corrected chi connectivity index (χ4v) is 5.21. The number of rotatable bonds is 6. The highest BCUT2D eigenvalue weighted by atomic mass is 16.2. The largest absolute Gasteiger partial charge is 0.369 e. The van der Waals surface area contributed by atoms with Crippen molar-refractivity contribution in [2.75, 3.05) is 63.8 Å². The Bertz CT molecular complexity index is 806. The molecule has 2 aliphatic carbocycles. The van der Waals surface area contributed by atoms with Crippen LogP contribution in [-0.2, 0) is 4.79 Å². The summed E-state index contributed by atoms with van der Waals surface area (Å²) >= 11 is 0. The molecule has 4 fully saturated rings. The second-order valence-corrected chi connectivity index (χ2v) is 9.92. The number of anilines is 1. The quantitative estimate of drug-likeness (QED) is 0.732. The van der Waals surface area contributed by atoms with Gasteiger partial charge < -0.3 is 15.1 Å². The van der Waals surface area contributed by atoms with Gasteiger partial charge in [0.15, 0.2) is 0 Å². The SMILES string of the molecule is O=C(NC1CCC1)c1cccc(N2CCN(CC(=O)N3CCN(C4CCC4)CC3)CC2)c1. The third kappa shape index (κ3) is 4.94. The molecule has 2 saturated heterocycles. The zero-order valence-electron chi connectivity index (χ0n) is 19.2. The van der Waals surface area contributed by atoms with Gasteiger partial charge in [0, 0.05) is 75.7 Å². The van der Waals surface area contributed by atoms with Crippen LogP contribution in [0, 0.1) is 0 Å². The Labute approximate surface area is 191 Å². The summed E-state index contributed by atoms with van der Waals surface area (Å²) in [4.78, 5) is 34.6. The Balaban J connectivity index is 1.07. The first-order valence-corrected chi connectivity index (χ1v) is 12.6. The molecule has 1 N–H and O–H groups in total. The van der Waals surface area contributed by atoms with E-state index in [9.17, 15) is 9.59 Å². The number of nitrogens with zero attached hydrogens (tertiary/aromatic N) is 4. The van der Waals surface area contributed by atoms with Gasteiger partial charge in [0.2, 0.25) is 5.91 Å². The molecule has 0 spiro atoms. The van der Waals surface area contributed by atoms with Gasteiger partial charge in [-0.15, -0.1) is 0 Å². The molecule has 0 atom stereocenters. The van der Waals surface area contributed by atoms with Crippen molar-refractivity contribution in [3.8, 4) is 0 Å². The highest BCUT2D eigenvalue weighted by Gasteiger charge is 2.30. The zero-order valence-corrected chi connectivity index (χ0v) is 19.2. The van der Waals surface area contributed by atoms with Crippen molar-refractivity contribution in [3.63, 3.8) is 0 Å². The van der Waals surface area contributed by atoms with Gasteiger partial charge in [-0.1, -0.05) is 12.5 Å². The monoisotopic (exact) mass is 439 g/mol. The molecule has 2 heterocycles. The van der Waals surface area contributed by atoms with Gasteiger partial charge in [-0.25, -0.2) is 0 Å². The number of hydrogen-bond donors (Lipinski definition) is 1. The standard InChI is InChI=1S/C25H37N5O2/c31-24(30-16-14-28(15-17-30)22-7-3-8-22)19-27-10-12-29(13-11-27)23-9-1-4-20(18-23)25(32)26-21-5-2-6-21/h1,4,9,18,21-22H,2-3,5-8,10-17,19H2,(H,26,32). The second kappa shape index (κ2) is 9.79. The Morgan fingerprint density at radius 1 is 0.875 bits per heavy atom. The highest BCUT2D eigenvalue weighted by molar-refractivity contribution is 5.95. The van der Waals surface area contributed by atoms with Crippen molar-refractivity contribution >= 4 is 17.5 Å². The molecular formula is C25H37N5O2. The van der Waals surface area contributed by atoms with Gasteiger partial charge >= 0.3 is 0 Å². The molecule has 2 aliphatic heterocycles. The molecule has 32 heavy (non-hydrogen) atoms. The number of amides is 2. The number of carbonyl (C=O) groups excluding carboxylic acids is 2. The molecule has 5 rings (SSSR count). The second-order valence-electron chi connectivity index (χ2n) is 9.92. The lowest BCUT2D eigenvalue weighted by Crippen LogP contribution is -2.56. The van der Waals surface area contributed by atoms with Crippen molar-refractivity contribution in [1.82, 2.24) is 20.0 Å².